The highest BCUT2D eigenvalue weighted by Crippen LogP contribution is 2.35. The Labute approximate surface area is 139 Å². The van der Waals surface area contributed by atoms with Crippen LogP contribution in [0.25, 0.3) is 10.8 Å². The third kappa shape index (κ3) is 3.27. The maximum absolute atomic E-state index is 9.89. The van der Waals surface area contributed by atoms with Crippen LogP contribution in [0.2, 0.25) is 5.02 Å². The van der Waals surface area contributed by atoms with Gasteiger partial charge in [-0.15, -0.1) is 5.11 Å². The Hall–Kier alpha value is -2.59. The number of rotatable bonds is 4. The molecule has 4 nitrogen and oxygen atoms in total. The highest BCUT2D eigenvalue weighted by Gasteiger charge is 2.05. The van der Waals surface area contributed by atoms with Crippen LogP contribution >= 0.6 is 11.6 Å². The lowest BCUT2D eigenvalue weighted by Crippen LogP contribution is -1.96. The number of para-hydroxylation sites is 1. The summed E-state index contributed by atoms with van der Waals surface area (Å²) in [5.74, 6) is -0.0642. The number of hydrogen-bond donors (Lipinski definition) is 2. The molecule has 3 aromatic rings. The van der Waals surface area contributed by atoms with E-state index in [1.165, 1.54) is 0 Å². The van der Waals surface area contributed by atoms with Crippen molar-refractivity contribution >= 4 is 39.4 Å². The van der Waals surface area contributed by atoms with Gasteiger partial charge >= 0.3 is 0 Å². The minimum Gasteiger partial charge on any atom is -0.504 e. The number of halogens is 1. The molecule has 116 valence electrons. The van der Waals surface area contributed by atoms with Gasteiger partial charge in [-0.3, -0.25) is 0 Å². The van der Waals surface area contributed by atoms with Gasteiger partial charge in [0.25, 0.3) is 0 Å². The van der Waals surface area contributed by atoms with Crippen LogP contribution in [0.15, 0.2) is 64.8 Å². The summed E-state index contributed by atoms with van der Waals surface area (Å²) < 4.78 is 0. The Bertz CT molecular complexity index is 877. The van der Waals surface area contributed by atoms with E-state index in [4.69, 9.17) is 11.6 Å². The van der Waals surface area contributed by atoms with Crippen LogP contribution in [0.4, 0.5) is 17.1 Å². The predicted molar refractivity (Wildman–Crippen MR) is 95.4 cm³/mol. The van der Waals surface area contributed by atoms with E-state index < -0.39 is 0 Å². The van der Waals surface area contributed by atoms with Crippen molar-refractivity contribution in [3.8, 4) is 5.75 Å². The molecule has 0 atom stereocenters. The van der Waals surface area contributed by atoms with Crippen LogP contribution in [0.1, 0.15) is 6.92 Å². The van der Waals surface area contributed by atoms with E-state index in [1.807, 2.05) is 37.3 Å². The third-order valence-corrected chi connectivity index (χ3v) is 3.76. The Morgan fingerprint density at radius 1 is 1.04 bits per heavy atom. The standard InChI is InChI=1S/C18H16ClN3O/c1-2-20-17-11-13(10-12-6-3-4-7-14(12)17)21-22-16-9-5-8-15(19)18(16)23/h3-11,20,23H,2H2,1H3. The van der Waals surface area contributed by atoms with Gasteiger partial charge in [-0.2, -0.15) is 5.11 Å². The summed E-state index contributed by atoms with van der Waals surface area (Å²) in [6.07, 6.45) is 0. The average Bonchev–Trinajstić information content (AvgIpc) is 2.56. The van der Waals surface area contributed by atoms with E-state index in [1.54, 1.807) is 18.2 Å². The van der Waals surface area contributed by atoms with E-state index >= 15 is 0 Å². The van der Waals surface area contributed by atoms with Gasteiger partial charge in [-0.05, 0) is 36.6 Å². The molecule has 0 unspecified atom stereocenters. The second kappa shape index (κ2) is 6.67. The molecule has 3 rings (SSSR count). The van der Waals surface area contributed by atoms with Crippen molar-refractivity contribution < 1.29 is 5.11 Å². The summed E-state index contributed by atoms with van der Waals surface area (Å²) in [5.41, 5.74) is 2.06. The lowest BCUT2D eigenvalue weighted by Gasteiger charge is -2.09. The molecule has 23 heavy (non-hydrogen) atoms. The first kappa shape index (κ1) is 15.3. The molecule has 0 heterocycles. The first-order valence-corrected chi connectivity index (χ1v) is 7.72. The first-order chi connectivity index (χ1) is 11.2. The Morgan fingerprint density at radius 2 is 1.87 bits per heavy atom. The molecule has 0 bridgehead atoms. The second-order valence-electron chi connectivity index (χ2n) is 5.05. The summed E-state index contributed by atoms with van der Waals surface area (Å²) in [7, 11) is 0. The molecule has 0 aromatic heterocycles. The lowest BCUT2D eigenvalue weighted by molar-refractivity contribution is 0.476. The molecule has 3 aromatic carbocycles. The molecule has 0 amide bonds. The molecule has 0 fully saturated rings. The highest BCUT2D eigenvalue weighted by molar-refractivity contribution is 6.32. The summed E-state index contributed by atoms with van der Waals surface area (Å²) in [5, 5.41) is 24.0. The minimum atomic E-state index is -0.0642. The van der Waals surface area contributed by atoms with Gasteiger partial charge in [-0.1, -0.05) is 41.9 Å². The molecule has 0 aliphatic rings. The maximum Gasteiger partial charge on any atom is 0.161 e. The second-order valence-corrected chi connectivity index (χ2v) is 5.46. The largest absolute Gasteiger partial charge is 0.504 e. The monoisotopic (exact) mass is 325 g/mol. The van der Waals surface area contributed by atoms with Gasteiger partial charge in [0.2, 0.25) is 0 Å². The normalized spacial score (nSPS) is 11.2. The zero-order valence-electron chi connectivity index (χ0n) is 12.6. The zero-order chi connectivity index (χ0) is 16.2. The van der Waals surface area contributed by atoms with E-state index in [9.17, 15) is 5.11 Å². The van der Waals surface area contributed by atoms with Crippen molar-refractivity contribution in [1.82, 2.24) is 0 Å². The summed E-state index contributed by atoms with van der Waals surface area (Å²) in [6.45, 7) is 2.87. The molecular weight excluding hydrogens is 310 g/mol. The number of aromatic hydroxyl groups is 1. The fourth-order valence-corrected chi connectivity index (χ4v) is 2.56. The molecule has 0 saturated carbocycles. The lowest BCUT2D eigenvalue weighted by atomic mass is 10.1. The fraction of sp³-hybridized carbons (Fsp3) is 0.111. The molecule has 0 aliphatic carbocycles. The van der Waals surface area contributed by atoms with Crippen LogP contribution in [-0.4, -0.2) is 11.7 Å². The minimum absolute atomic E-state index is 0.0642. The number of hydrogen-bond acceptors (Lipinski definition) is 4. The smallest absolute Gasteiger partial charge is 0.161 e. The molecule has 2 N–H and O–H groups in total. The average molecular weight is 326 g/mol. The Balaban J connectivity index is 2.02. The van der Waals surface area contributed by atoms with Crippen LogP contribution in [-0.2, 0) is 0 Å². The number of nitrogens with one attached hydrogen (secondary N) is 1. The van der Waals surface area contributed by atoms with Crippen molar-refractivity contribution in [2.75, 3.05) is 11.9 Å². The predicted octanol–water partition coefficient (Wildman–Crippen LogP) is 6.05. The molecule has 0 spiro atoms. The van der Waals surface area contributed by atoms with Crippen LogP contribution in [0.5, 0.6) is 5.75 Å². The molecule has 5 heteroatoms. The van der Waals surface area contributed by atoms with Crippen molar-refractivity contribution in [3.63, 3.8) is 0 Å². The van der Waals surface area contributed by atoms with Crippen molar-refractivity contribution in [1.29, 1.82) is 0 Å². The number of phenols is 1. The first-order valence-electron chi connectivity index (χ1n) is 7.35. The zero-order valence-corrected chi connectivity index (χ0v) is 13.4. The molecule has 0 saturated heterocycles. The maximum atomic E-state index is 9.89. The number of phenolic OH excluding ortho intramolecular Hbond substituents is 1. The van der Waals surface area contributed by atoms with Crippen LogP contribution < -0.4 is 5.32 Å². The van der Waals surface area contributed by atoms with Crippen LogP contribution in [0, 0.1) is 0 Å². The number of azo groups is 1. The van der Waals surface area contributed by atoms with Gasteiger partial charge < -0.3 is 10.4 Å². The molecule has 0 aliphatic heterocycles. The Morgan fingerprint density at radius 3 is 2.70 bits per heavy atom. The van der Waals surface area contributed by atoms with Crippen molar-refractivity contribution in [2.24, 2.45) is 10.2 Å². The third-order valence-electron chi connectivity index (χ3n) is 3.45. The number of fused-ring (bicyclic) bond motifs is 1. The Kier molecular flexibility index (Phi) is 4.44. The summed E-state index contributed by atoms with van der Waals surface area (Å²) >= 11 is 5.88. The van der Waals surface area contributed by atoms with Gasteiger partial charge in [0.1, 0.15) is 5.69 Å². The van der Waals surface area contributed by atoms with Crippen molar-refractivity contribution in [2.45, 2.75) is 6.92 Å². The van der Waals surface area contributed by atoms with E-state index in [0.717, 1.165) is 23.0 Å². The molecule has 0 radical (unpaired) electrons. The van der Waals surface area contributed by atoms with Crippen LogP contribution in [0.3, 0.4) is 0 Å². The quantitative estimate of drug-likeness (QED) is 0.574. The van der Waals surface area contributed by atoms with Gasteiger partial charge in [0.05, 0.1) is 10.7 Å². The van der Waals surface area contributed by atoms with Gasteiger partial charge in [0.15, 0.2) is 5.75 Å². The molecular formula is C18H16ClN3O. The summed E-state index contributed by atoms with van der Waals surface area (Å²) in [4.78, 5) is 0. The topological polar surface area (TPSA) is 57.0 Å². The van der Waals surface area contributed by atoms with E-state index in [2.05, 4.69) is 21.6 Å². The highest BCUT2D eigenvalue weighted by atomic mass is 35.5. The van der Waals surface area contributed by atoms with Gasteiger partial charge in [0, 0.05) is 17.6 Å². The number of nitrogens with zero attached hydrogens (tertiary/aromatic N) is 2. The SMILES string of the molecule is CCNc1cc(N=Nc2cccc(Cl)c2O)cc2ccccc12. The fourth-order valence-electron chi connectivity index (χ4n) is 2.39. The summed E-state index contributed by atoms with van der Waals surface area (Å²) in [6, 6.07) is 17.0. The van der Waals surface area contributed by atoms with Crippen molar-refractivity contribution in [3.05, 3.63) is 59.6 Å². The number of benzene rings is 3. The van der Waals surface area contributed by atoms with E-state index in [-0.39, 0.29) is 10.8 Å². The van der Waals surface area contributed by atoms with E-state index in [0.29, 0.717) is 11.4 Å². The van der Waals surface area contributed by atoms with Gasteiger partial charge in [-0.25, -0.2) is 0 Å². The number of anilines is 1.